The topological polar surface area (TPSA) is 95.7 Å². The zero-order valence-electron chi connectivity index (χ0n) is 12.0. The number of urea groups is 1. The number of hydrogen-bond donors (Lipinski definition) is 2. The minimum atomic E-state index is -0.658. The third-order valence-electron chi connectivity index (χ3n) is 3.12. The van der Waals surface area contributed by atoms with Gasteiger partial charge in [0.2, 0.25) is 5.88 Å². The largest absolute Gasteiger partial charge is 0.486 e. The number of carbonyl (C=O) groups excluding carboxylic acids is 1. The van der Waals surface area contributed by atoms with Gasteiger partial charge in [-0.1, -0.05) is 6.07 Å². The van der Waals surface area contributed by atoms with E-state index in [9.17, 15) is 4.79 Å². The van der Waals surface area contributed by atoms with Crippen molar-refractivity contribution in [2.75, 3.05) is 25.6 Å². The second-order valence-corrected chi connectivity index (χ2v) is 4.60. The van der Waals surface area contributed by atoms with Crippen molar-refractivity contribution in [3.8, 4) is 28.6 Å². The first-order chi connectivity index (χ1) is 10.7. The van der Waals surface area contributed by atoms with Gasteiger partial charge in [0.15, 0.2) is 11.5 Å². The summed E-state index contributed by atoms with van der Waals surface area (Å²) >= 11 is 0. The fraction of sp³-hybridized carbons (Fsp3) is 0.200. The zero-order chi connectivity index (χ0) is 15.5. The van der Waals surface area contributed by atoms with E-state index in [1.165, 1.54) is 7.11 Å². The molecule has 7 heteroatoms. The number of nitrogens with two attached hydrogens (primary N) is 1. The van der Waals surface area contributed by atoms with Crippen LogP contribution in [0.15, 0.2) is 30.3 Å². The summed E-state index contributed by atoms with van der Waals surface area (Å²) in [6.45, 7) is 0.983. The van der Waals surface area contributed by atoms with Gasteiger partial charge in [0, 0.05) is 17.3 Å². The van der Waals surface area contributed by atoms with Gasteiger partial charge >= 0.3 is 6.03 Å². The summed E-state index contributed by atoms with van der Waals surface area (Å²) in [5.74, 6) is 1.65. The number of anilines is 1. The van der Waals surface area contributed by atoms with E-state index in [0.29, 0.717) is 42.0 Å². The number of fused-ring (bicyclic) bond motifs is 1. The first kappa shape index (κ1) is 14.0. The molecule has 1 aliphatic rings. The average molecular weight is 301 g/mol. The molecule has 0 saturated carbocycles. The monoisotopic (exact) mass is 301 g/mol. The minimum Gasteiger partial charge on any atom is -0.486 e. The number of ether oxygens (including phenoxy) is 3. The minimum absolute atomic E-state index is 0.357. The molecule has 22 heavy (non-hydrogen) atoms. The van der Waals surface area contributed by atoms with Crippen molar-refractivity contribution in [2.45, 2.75) is 0 Å². The van der Waals surface area contributed by atoms with E-state index < -0.39 is 6.03 Å². The van der Waals surface area contributed by atoms with Crippen molar-refractivity contribution >= 4 is 11.7 Å². The first-order valence-corrected chi connectivity index (χ1v) is 6.69. The van der Waals surface area contributed by atoms with E-state index in [1.54, 1.807) is 12.1 Å². The summed E-state index contributed by atoms with van der Waals surface area (Å²) < 4.78 is 16.4. The second-order valence-electron chi connectivity index (χ2n) is 4.60. The Kier molecular flexibility index (Phi) is 3.69. The highest BCUT2D eigenvalue weighted by Gasteiger charge is 2.18. The van der Waals surface area contributed by atoms with Crippen LogP contribution in [-0.2, 0) is 0 Å². The van der Waals surface area contributed by atoms with Crippen LogP contribution in [0.2, 0.25) is 0 Å². The van der Waals surface area contributed by atoms with Crippen LogP contribution in [0.3, 0.4) is 0 Å². The SMILES string of the molecule is COc1cc(NC(N)=O)cc(-c2cccc3c2OCCO3)n1. The van der Waals surface area contributed by atoms with Crippen LogP contribution >= 0.6 is 0 Å². The molecule has 1 aliphatic heterocycles. The number of para-hydroxylation sites is 1. The summed E-state index contributed by atoms with van der Waals surface area (Å²) in [5.41, 5.74) is 6.99. The lowest BCUT2D eigenvalue weighted by molar-refractivity contribution is 0.172. The van der Waals surface area contributed by atoms with Gasteiger partial charge in [-0.2, -0.15) is 0 Å². The molecule has 0 aliphatic carbocycles. The fourth-order valence-corrected chi connectivity index (χ4v) is 2.24. The Morgan fingerprint density at radius 1 is 1.32 bits per heavy atom. The van der Waals surface area contributed by atoms with Crippen molar-refractivity contribution in [1.82, 2.24) is 4.98 Å². The van der Waals surface area contributed by atoms with Crippen molar-refractivity contribution in [3.05, 3.63) is 30.3 Å². The molecule has 2 heterocycles. The molecule has 0 radical (unpaired) electrons. The van der Waals surface area contributed by atoms with Crippen molar-refractivity contribution in [2.24, 2.45) is 5.73 Å². The number of nitrogens with one attached hydrogen (secondary N) is 1. The third-order valence-corrected chi connectivity index (χ3v) is 3.12. The van der Waals surface area contributed by atoms with E-state index in [2.05, 4.69) is 10.3 Å². The molecule has 3 rings (SSSR count). The third kappa shape index (κ3) is 2.73. The maximum Gasteiger partial charge on any atom is 0.316 e. The molecule has 0 unspecified atom stereocenters. The molecule has 2 aromatic rings. The Bertz CT molecular complexity index is 718. The van der Waals surface area contributed by atoms with Gasteiger partial charge in [-0.3, -0.25) is 0 Å². The lowest BCUT2D eigenvalue weighted by atomic mass is 10.1. The van der Waals surface area contributed by atoms with Crippen molar-refractivity contribution in [3.63, 3.8) is 0 Å². The van der Waals surface area contributed by atoms with E-state index in [-0.39, 0.29) is 0 Å². The van der Waals surface area contributed by atoms with Gasteiger partial charge in [0.25, 0.3) is 0 Å². The van der Waals surface area contributed by atoms with E-state index in [1.807, 2.05) is 18.2 Å². The van der Waals surface area contributed by atoms with Gasteiger partial charge in [0.05, 0.1) is 12.8 Å². The van der Waals surface area contributed by atoms with Gasteiger partial charge in [-0.05, 0) is 18.2 Å². The molecule has 0 saturated heterocycles. The Labute approximate surface area is 127 Å². The van der Waals surface area contributed by atoms with Gasteiger partial charge < -0.3 is 25.3 Å². The smallest absolute Gasteiger partial charge is 0.316 e. The van der Waals surface area contributed by atoms with Crippen LogP contribution in [0.25, 0.3) is 11.3 Å². The Morgan fingerprint density at radius 3 is 2.91 bits per heavy atom. The summed E-state index contributed by atoms with van der Waals surface area (Å²) in [6, 6.07) is 8.17. The number of amides is 2. The zero-order valence-corrected chi connectivity index (χ0v) is 12.0. The molecule has 1 aromatic carbocycles. The molecule has 0 bridgehead atoms. The van der Waals surface area contributed by atoms with Crippen LogP contribution in [0.4, 0.5) is 10.5 Å². The quantitative estimate of drug-likeness (QED) is 0.904. The number of pyridine rings is 1. The summed E-state index contributed by atoms with van der Waals surface area (Å²) in [7, 11) is 1.50. The molecule has 2 amide bonds. The number of carbonyl (C=O) groups is 1. The number of benzene rings is 1. The average Bonchev–Trinajstić information content (AvgIpc) is 2.53. The maximum absolute atomic E-state index is 11.1. The van der Waals surface area contributed by atoms with Crippen LogP contribution in [-0.4, -0.2) is 31.3 Å². The standard InChI is InChI=1S/C15H15N3O4/c1-20-13-8-9(17-15(16)19)7-11(18-13)10-3-2-4-12-14(10)22-6-5-21-12/h2-4,7-8H,5-6H2,1H3,(H3,16,17,18,19). The number of primary amides is 1. The summed E-state index contributed by atoms with van der Waals surface area (Å²) in [4.78, 5) is 15.4. The van der Waals surface area contributed by atoms with Crippen molar-refractivity contribution < 1.29 is 19.0 Å². The molecule has 1 aromatic heterocycles. The fourth-order valence-electron chi connectivity index (χ4n) is 2.24. The molecule has 0 fully saturated rings. The second kappa shape index (κ2) is 5.80. The van der Waals surface area contributed by atoms with E-state index in [0.717, 1.165) is 5.56 Å². The van der Waals surface area contributed by atoms with E-state index >= 15 is 0 Å². The normalized spacial score (nSPS) is 12.6. The van der Waals surface area contributed by atoms with Crippen molar-refractivity contribution in [1.29, 1.82) is 0 Å². The highest BCUT2D eigenvalue weighted by molar-refractivity contribution is 5.89. The van der Waals surface area contributed by atoms with Gasteiger partial charge in [-0.25, -0.2) is 9.78 Å². The summed E-state index contributed by atoms with van der Waals surface area (Å²) in [6.07, 6.45) is 0. The number of nitrogens with zero attached hydrogens (tertiary/aromatic N) is 1. The van der Waals surface area contributed by atoms with Crippen LogP contribution in [0.1, 0.15) is 0 Å². The Hall–Kier alpha value is -2.96. The molecule has 7 nitrogen and oxygen atoms in total. The lowest BCUT2D eigenvalue weighted by Gasteiger charge is -2.21. The molecule has 0 atom stereocenters. The highest BCUT2D eigenvalue weighted by Crippen LogP contribution is 2.40. The molecule has 114 valence electrons. The number of rotatable bonds is 3. The molecular weight excluding hydrogens is 286 g/mol. The highest BCUT2D eigenvalue weighted by atomic mass is 16.6. The predicted octanol–water partition coefficient (Wildman–Crippen LogP) is 2.02. The molecule has 0 spiro atoms. The predicted molar refractivity (Wildman–Crippen MR) is 80.4 cm³/mol. The van der Waals surface area contributed by atoms with Crippen LogP contribution < -0.4 is 25.3 Å². The Morgan fingerprint density at radius 2 is 2.14 bits per heavy atom. The first-order valence-electron chi connectivity index (χ1n) is 6.69. The lowest BCUT2D eigenvalue weighted by Crippen LogP contribution is -2.19. The van der Waals surface area contributed by atoms with E-state index in [4.69, 9.17) is 19.9 Å². The maximum atomic E-state index is 11.1. The van der Waals surface area contributed by atoms with Crippen LogP contribution in [0.5, 0.6) is 17.4 Å². The van der Waals surface area contributed by atoms with Crippen LogP contribution in [0, 0.1) is 0 Å². The Balaban J connectivity index is 2.09. The van der Waals surface area contributed by atoms with Gasteiger partial charge in [0.1, 0.15) is 13.2 Å². The number of hydrogen-bond acceptors (Lipinski definition) is 5. The number of methoxy groups -OCH3 is 1. The molecule has 3 N–H and O–H groups in total. The molecular formula is C15H15N3O4. The number of aromatic nitrogens is 1. The van der Waals surface area contributed by atoms with Gasteiger partial charge in [-0.15, -0.1) is 0 Å². The summed E-state index contributed by atoms with van der Waals surface area (Å²) in [5, 5.41) is 2.52.